The number of rotatable bonds is 3. The summed E-state index contributed by atoms with van der Waals surface area (Å²) >= 11 is -2.33. The molecule has 0 spiro atoms. The van der Waals surface area contributed by atoms with Gasteiger partial charge in [0.1, 0.15) is 4.90 Å². The molecule has 0 amide bonds. The number of sulfonamides is 1. The summed E-state index contributed by atoms with van der Waals surface area (Å²) in [6.07, 6.45) is 0. The van der Waals surface area contributed by atoms with E-state index in [0.29, 0.717) is 13.2 Å². The molecular weight excluding hydrogens is 278 g/mol. The first-order chi connectivity index (χ1) is 8.53. The fourth-order valence-corrected chi connectivity index (χ4v) is 4.18. The van der Waals surface area contributed by atoms with Crippen LogP contribution in [0.1, 0.15) is 0 Å². The van der Waals surface area contributed by atoms with E-state index in [4.69, 9.17) is 9.29 Å². The topological polar surface area (TPSA) is 83.9 Å². The van der Waals surface area contributed by atoms with Crippen LogP contribution in [0, 0.1) is 0 Å². The molecule has 1 fully saturated rings. The summed E-state index contributed by atoms with van der Waals surface area (Å²) in [7, 11) is -3.74. The molecule has 100 valence electrons. The van der Waals surface area contributed by atoms with Crippen molar-refractivity contribution in [3.63, 3.8) is 0 Å². The summed E-state index contributed by atoms with van der Waals surface area (Å²) in [5, 5.41) is 0. The molecule has 1 aliphatic rings. The Morgan fingerprint density at radius 1 is 1.22 bits per heavy atom. The van der Waals surface area contributed by atoms with Gasteiger partial charge in [-0.15, -0.1) is 0 Å². The molecular formula is C10H13NO5S2. The predicted molar refractivity (Wildman–Crippen MR) is 65.1 cm³/mol. The highest BCUT2D eigenvalue weighted by Crippen LogP contribution is 2.22. The molecule has 1 N–H and O–H groups in total. The Morgan fingerprint density at radius 3 is 2.44 bits per heavy atom. The van der Waals surface area contributed by atoms with E-state index in [-0.39, 0.29) is 22.9 Å². The minimum absolute atomic E-state index is 0.0935. The van der Waals surface area contributed by atoms with E-state index in [9.17, 15) is 12.6 Å². The van der Waals surface area contributed by atoms with Gasteiger partial charge in [-0.25, -0.2) is 12.6 Å². The predicted octanol–water partition coefficient (Wildman–Crippen LogP) is 0.288. The summed E-state index contributed by atoms with van der Waals surface area (Å²) in [4.78, 5) is -0.211. The van der Waals surface area contributed by atoms with Gasteiger partial charge in [-0.3, -0.25) is 0 Å². The van der Waals surface area contributed by atoms with Gasteiger partial charge in [0.15, 0.2) is 11.1 Å². The van der Waals surface area contributed by atoms with Crippen molar-refractivity contribution in [2.75, 3.05) is 26.3 Å². The molecule has 8 heteroatoms. The van der Waals surface area contributed by atoms with Crippen LogP contribution in [0.15, 0.2) is 34.1 Å². The lowest BCUT2D eigenvalue weighted by molar-refractivity contribution is 0.0729. The smallest absolute Gasteiger partial charge is 0.244 e. The Morgan fingerprint density at radius 2 is 1.83 bits per heavy atom. The van der Waals surface area contributed by atoms with Crippen LogP contribution in [0.4, 0.5) is 0 Å². The summed E-state index contributed by atoms with van der Waals surface area (Å²) in [6, 6.07) is 5.74. The molecule has 1 aromatic carbocycles. The maximum absolute atomic E-state index is 12.3. The second-order valence-corrected chi connectivity index (χ2v) is 6.56. The van der Waals surface area contributed by atoms with Crippen molar-refractivity contribution in [1.29, 1.82) is 0 Å². The van der Waals surface area contributed by atoms with E-state index in [2.05, 4.69) is 0 Å². The van der Waals surface area contributed by atoms with Crippen molar-refractivity contribution < 1.29 is 21.9 Å². The van der Waals surface area contributed by atoms with Gasteiger partial charge in [-0.2, -0.15) is 4.31 Å². The molecule has 1 unspecified atom stereocenters. The zero-order valence-corrected chi connectivity index (χ0v) is 11.1. The van der Waals surface area contributed by atoms with Gasteiger partial charge < -0.3 is 9.29 Å². The third-order valence-corrected chi connectivity index (χ3v) is 5.44. The van der Waals surface area contributed by atoms with Crippen LogP contribution < -0.4 is 0 Å². The van der Waals surface area contributed by atoms with Gasteiger partial charge in [-0.05, 0) is 12.1 Å². The molecule has 18 heavy (non-hydrogen) atoms. The van der Waals surface area contributed by atoms with Gasteiger partial charge in [0.2, 0.25) is 10.0 Å². The Bertz CT molecular complexity index is 551. The number of nitrogens with zero attached hydrogens (tertiary/aromatic N) is 1. The molecule has 0 saturated carbocycles. The minimum Gasteiger partial charge on any atom is -0.379 e. The molecule has 1 saturated heterocycles. The maximum Gasteiger partial charge on any atom is 0.244 e. The molecule has 0 aromatic heterocycles. The van der Waals surface area contributed by atoms with E-state index < -0.39 is 21.1 Å². The van der Waals surface area contributed by atoms with Gasteiger partial charge in [0.05, 0.1) is 18.1 Å². The molecule has 0 radical (unpaired) electrons. The number of benzene rings is 1. The molecule has 6 nitrogen and oxygen atoms in total. The normalized spacial score (nSPS) is 19.6. The van der Waals surface area contributed by atoms with Crippen molar-refractivity contribution in [3.8, 4) is 0 Å². The Labute approximate surface area is 108 Å². The van der Waals surface area contributed by atoms with Crippen LogP contribution in [-0.2, 0) is 25.8 Å². The fourth-order valence-electron chi connectivity index (χ4n) is 1.73. The fraction of sp³-hybridized carbons (Fsp3) is 0.400. The van der Waals surface area contributed by atoms with Crippen molar-refractivity contribution in [3.05, 3.63) is 24.3 Å². The Balaban J connectivity index is 2.43. The lowest BCUT2D eigenvalue weighted by Crippen LogP contribution is -2.40. The molecule has 0 bridgehead atoms. The maximum atomic E-state index is 12.3. The first-order valence-electron chi connectivity index (χ1n) is 5.31. The van der Waals surface area contributed by atoms with E-state index in [0.717, 1.165) is 0 Å². The second-order valence-electron chi connectivity index (χ2n) is 3.71. The average molecular weight is 291 g/mol. The van der Waals surface area contributed by atoms with Crippen LogP contribution in [-0.4, -0.2) is 47.8 Å². The van der Waals surface area contributed by atoms with Crippen molar-refractivity contribution in [2.24, 2.45) is 0 Å². The Hall–Kier alpha value is -0.800. The molecule has 1 heterocycles. The third-order valence-electron chi connectivity index (χ3n) is 2.63. The van der Waals surface area contributed by atoms with Gasteiger partial charge in [-0.1, -0.05) is 12.1 Å². The number of ether oxygens (including phenoxy) is 1. The summed E-state index contributed by atoms with van der Waals surface area (Å²) < 4.78 is 51.3. The SMILES string of the molecule is O=S(O)c1ccccc1S(=O)(=O)N1CCOCC1. The number of morpholine rings is 1. The minimum atomic E-state index is -3.74. The number of hydrogen-bond acceptors (Lipinski definition) is 4. The lowest BCUT2D eigenvalue weighted by Gasteiger charge is -2.26. The standard InChI is InChI=1S/C10H13NO5S2/c12-17(13)9-3-1-2-4-10(9)18(14,15)11-5-7-16-8-6-11/h1-4H,5-8H2,(H,12,13). The molecule has 1 aliphatic heterocycles. The second kappa shape index (κ2) is 5.45. The monoisotopic (exact) mass is 291 g/mol. The zero-order valence-electron chi connectivity index (χ0n) is 9.48. The van der Waals surface area contributed by atoms with Gasteiger partial charge in [0, 0.05) is 13.1 Å². The quantitative estimate of drug-likeness (QED) is 0.809. The van der Waals surface area contributed by atoms with E-state index in [1.807, 2.05) is 0 Å². The van der Waals surface area contributed by atoms with E-state index in [1.54, 1.807) is 0 Å². The largest absolute Gasteiger partial charge is 0.379 e. The molecule has 0 aliphatic carbocycles. The lowest BCUT2D eigenvalue weighted by atomic mass is 10.4. The highest BCUT2D eigenvalue weighted by molar-refractivity contribution is 7.90. The van der Waals surface area contributed by atoms with Gasteiger partial charge >= 0.3 is 0 Å². The van der Waals surface area contributed by atoms with Crippen LogP contribution in [0.5, 0.6) is 0 Å². The van der Waals surface area contributed by atoms with Crippen molar-refractivity contribution in [2.45, 2.75) is 9.79 Å². The van der Waals surface area contributed by atoms with Crippen molar-refractivity contribution in [1.82, 2.24) is 4.31 Å². The van der Waals surface area contributed by atoms with Crippen LogP contribution in [0.25, 0.3) is 0 Å². The van der Waals surface area contributed by atoms with Gasteiger partial charge in [0.25, 0.3) is 0 Å². The van der Waals surface area contributed by atoms with Crippen LogP contribution in [0.3, 0.4) is 0 Å². The van der Waals surface area contributed by atoms with Crippen LogP contribution >= 0.6 is 0 Å². The summed E-state index contributed by atoms with van der Waals surface area (Å²) in [5.74, 6) is 0. The average Bonchev–Trinajstić information content (AvgIpc) is 2.39. The first kappa shape index (κ1) is 13.6. The number of hydrogen-bond donors (Lipinski definition) is 1. The highest BCUT2D eigenvalue weighted by Gasteiger charge is 2.29. The Kier molecular flexibility index (Phi) is 4.13. The highest BCUT2D eigenvalue weighted by atomic mass is 32.2. The molecule has 1 atom stereocenters. The van der Waals surface area contributed by atoms with E-state index in [1.165, 1.54) is 28.6 Å². The van der Waals surface area contributed by atoms with Crippen molar-refractivity contribution >= 4 is 21.1 Å². The summed E-state index contributed by atoms with van der Waals surface area (Å²) in [6.45, 7) is 1.19. The zero-order chi connectivity index (χ0) is 13.2. The van der Waals surface area contributed by atoms with Crippen LogP contribution in [0.2, 0.25) is 0 Å². The summed E-state index contributed by atoms with van der Waals surface area (Å²) in [5.41, 5.74) is 0. The first-order valence-corrected chi connectivity index (χ1v) is 7.86. The molecule has 2 rings (SSSR count). The molecule has 1 aromatic rings. The third kappa shape index (κ3) is 2.62. The van der Waals surface area contributed by atoms with E-state index >= 15 is 0 Å².